The molecule has 0 spiro atoms. The molecule has 0 saturated carbocycles. The molecule has 1 aromatic heterocycles. The van der Waals surface area contributed by atoms with Crippen LogP contribution >= 0.6 is 0 Å². The third kappa shape index (κ3) is 1.54. The maximum atomic E-state index is 5.72. The SMILES string of the molecule is Cc1nc(N2CC(C)(C)C2)ccc1N. The zero-order chi connectivity index (χ0) is 10.3. The summed E-state index contributed by atoms with van der Waals surface area (Å²) in [7, 11) is 0. The van der Waals surface area contributed by atoms with Crippen molar-refractivity contribution in [3.63, 3.8) is 0 Å². The first kappa shape index (κ1) is 9.31. The number of anilines is 2. The van der Waals surface area contributed by atoms with Gasteiger partial charge in [-0.3, -0.25) is 0 Å². The van der Waals surface area contributed by atoms with Gasteiger partial charge in [0.15, 0.2) is 0 Å². The van der Waals surface area contributed by atoms with Gasteiger partial charge in [-0.25, -0.2) is 4.98 Å². The minimum atomic E-state index is 0.441. The van der Waals surface area contributed by atoms with E-state index in [1.54, 1.807) is 0 Å². The number of nitrogen functional groups attached to an aromatic ring is 1. The second-order valence-electron chi connectivity index (χ2n) is 4.86. The monoisotopic (exact) mass is 191 g/mol. The Kier molecular flexibility index (Phi) is 1.91. The molecule has 3 heteroatoms. The molecule has 14 heavy (non-hydrogen) atoms. The molecule has 0 aliphatic carbocycles. The summed E-state index contributed by atoms with van der Waals surface area (Å²) in [5, 5.41) is 0. The smallest absolute Gasteiger partial charge is 0.128 e. The van der Waals surface area contributed by atoms with Gasteiger partial charge in [-0.2, -0.15) is 0 Å². The maximum absolute atomic E-state index is 5.72. The number of hydrogen-bond donors (Lipinski definition) is 1. The lowest BCUT2D eigenvalue weighted by Crippen LogP contribution is -2.53. The Bertz CT molecular complexity index is 350. The number of aryl methyl sites for hydroxylation is 1. The van der Waals surface area contributed by atoms with E-state index in [4.69, 9.17) is 5.73 Å². The second kappa shape index (κ2) is 2.87. The lowest BCUT2D eigenvalue weighted by Gasteiger charge is -2.46. The zero-order valence-electron chi connectivity index (χ0n) is 9.04. The molecule has 1 aliphatic heterocycles. The summed E-state index contributed by atoms with van der Waals surface area (Å²) in [6, 6.07) is 3.93. The van der Waals surface area contributed by atoms with Gasteiger partial charge in [-0.1, -0.05) is 13.8 Å². The van der Waals surface area contributed by atoms with E-state index >= 15 is 0 Å². The highest BCUT2D eigenvalue weighted by Gasteiger charge is 2.34. The Labute approximate surface area is 84.9 Å². The highest BCUT2D eigenvalue weighted by atomic mass is 15.3. The summed E-state index contributed by atoms with van der Waals surface area (Å²) in [4.78, 5) is 6.75. The lowest BCUT2D eigenvalue weighted by molar-refractivity contribution is 0.274. The van der Waals surface area contributed by atoms with Gasteiger partial charge in [0.1, 0.15) is 5.82 Å². The first-order valence-corrected chi connectivity index (χ1v) is 4.96. The van der Waals surface area contributed by atoms with E-state index in [0.29, 0.717) is 5.41 Å². The Morgan fingerprint density at radius 1 is 1.36 bits per heavy atom. The molecule has 1 aromatic rings. The molecule has 1 fully saturated rings. The summed E-state index contributed by atoms with van der Waals surface area (Å²) in [6.07, 6.45) is 0. The maximum Gasteiger partial charge on any atom is 0.128 e. The van der Waals surface area contributed by atoms with Crippen LogP contribution in [-0.2, 0) is 0 Å². The van der Waals surface area contributed by atoms with Gasteiger partial charge in [0, 0.05) is 13.1 Å². The number of nitrogens with zero attached hydrogens (tertiary/aromatic N) is 2. The van der Waals surface area contributed by atoms with E-state index in [2.05, 4.69) is 23.7 Å². The van der Waals surface area contributed by atoms with Gasteiger partial charge in [0.05, 0.1) is 11.4 Å². The normalized spacial score (nSPS) is 19.2. The fourth-order valence-electron chi connectivity index (χ4n) is 1.88. The lowest BCUT2D eigenvalue weighted by atomic mass is 9.84. The molecular weight excluding hydrogens is 174 g/mol. The van der Waals surface area contributed by atoms with Crippen LogP contribution in [0.15, 0.2) is 12.1 Å². The quantitative estimate of drug-likeness (QED) is 0.736. The van der Waals surface area contributed by atoms with Gasteiger partial charge in [-0.05, 0) is 24.5 Å². The summed E-state index contributed by atoms with van der Waals surface area (Å²) >= 11 is 0. The number of hydrogen-bond acceptors (Lipinski definition) is 3. The van der Waals surface area contributed by atoms with E-state index in [9.17, 15) is 0 Å². The van der Waals surface area contributed by atoms with Crippen LogP contribution in [0.5, 0.6) is 0 Å². The molecule has 2 rings (SSSR count). The van der Waals surface area contributed by atoms with E-state index in [-0.39, 0.29) is 0 Å². The molecule has 2 N–H and O–H groups in total. The first-order valence-electron chi connectivity index (χ1n) is 4.96. The van der Waals surface area contributed by atoms with E-state index in [0.717, 1.165) is 30.3 Å². The molecular formula is C11H17N3. The molecule has 0 amide bonds. The molecule has 76 valence electrons. The fourth-order valence-corrected chi connectivity index (χ4v) is 1.88. The fraction of sp³-hybridized carbons (Fsp3) is 0.545. The van der Waals surface area contributed by atoms with Crippen LogP contribution in [0.25, 0.3) is 0 Å². The van der Waals surface area contributed by atoms with Crippen LogP contribution in [0.2, 0.25) is 0 Å². The van der Waals surface area contributed by atoms with E-state index in [1.807, 2.05) is 19.1 Å². The Morgan fingerprint density at radius 3 is 2.50 bits per heavy atom. The highest BCUT2D eigenvalue weighted by Crippen LogP contribution is 2.32. The van der Waals surface area contributed by atoms with Gasteiger partial charge >= 0.3 is 0 Å². The minimum absolute atomic E-state index is 0.441. The van der Waals surface area contributed by atoms with Crippen molar-refractivity contribution in [1.82, 2.24) is 4.98 Å². The van der Waals surface area contributed by atoms with Gasteiger partial charge in [0.25, 0.3) is 0 Å². The molecule has 1 aliphatic rings. The van der Waals surface area contributed by atoms with Crippen LogP contribution in [-0.4, -0.2) is 18.1 Å². The Balaban J connectivity index is 2.16. The molecule has 0 aromatic carbocycles. The predicted octanol–water partition coefficient (Wildman–Crippen LogP) is 1.82. The van der Waals surface area contributed by atoms with Crippen molar-refractivity contribution >= 4 is 11.5 Å². The molecule has 0 radical (unpaired) electrons. The van der Waals surface area contributed by atoms with Gasteiger partial charge in [0.2, 0.25) is 0 Å². The van der Waals surface area contributed by atoms with Gasteiger partial charge < -0.3 is 10.6 Å². The van der Waals surface area contributed by atoms with Crippen LogP contribution in [0.3, 0.4) is 0 Å². The van der Waals surface area contributed by atoms with Gasteiger partial charge in [-0.15, -0.1) is 0 Å². The molecule has 1 saturated heterocycles. The third-order valence-corrected chi connectivity index (χ3v) is 2.67. The average Bonchev–Trinajstić information content (AvgIpc) is 2.06. The number of rotatable bonds is 1. The largest absolute Gasteiger partial charge is 0.397 e. The number of nitrogens with two attached hydrogens (primary N) is 1. The van der Waals surface area contributed by atoms with Crippen molar-refractivity contribution in [2.45, 2.75) is 20.8 Å². The van der Waals surface area contributed by atoms with Crippen LogP contribution < -0.4 is 10.6 Å². The standard InChI is InChI=1S/C11H17N3/c1-8-9(12)4-5-10(13-8)14-6-11(2,3)7-14/h4-5H,6-7,12H2,1-3H3. The van der Waals surface area contributed by atoms with Crippen LogP contribution in [0.4, 0.5) is 11.5 Å². The van der Waals surface area contributed by atoms with Crippen molar-refractivity contribution in [1.29, 1.82) is 0 Å². The van der Waals surface area contributed by atoms with E-state index < -0.39 is 0 Å². The van der Waals surface area contributed by atoms with Crippen LogP contribution in [0.1, 0.15) is 19.5 Å². The van der Waals surface area contributed by atoms with Crippen molar-refractivity contribution < 1.29 is 0 Å². The Morgan fingerprint density at radius 2 is 2.00 bits per heavy atom. The zero-order valence-corrected chi connectivity index (χ0v) is 9.04. The molecule has 0 unspecified atom stereocenters. The third-order valence-electron chi connectivity index (χ3n) is 2.67. The first-order chi connectivity index (χ1) is 6.48. The predicted molar refractivity (Wildman–Crippen MR) is 59.4 cm³/mol. The minimum Gasteiger partial charge on any atom is -0.397 e. The van der Waals surface area contributed by atoms with Crippen LogP contribution in [0, 0.1) is 12.3 Å². The van der Waals surface area contributed by atoms with Crippen molar-refractivity contribution in [3.05, 3.63) is 17.8 Å². The van der Waals surface area contributed by atoms with Crippen molar-refractivity contribution in [3.8, 4) is 0 Å². The molecule has 0 atom stereocenters. The molecule has 0 bridgehead atoms. The molecule has 3 nitrogen and oxygen atoms in total. The topological polar surface area (TPSA) is 42.2 Å². The van der Waals surface area contributed by atoms with Crippen molar-refractivity contribution in [2.75, 3.05) is 23.7 Å². The molecule has 2 heterocycles. The summed E-state index contributed by atoms with van der Waals surface area (Å²) < 4.78 is 0. The van der Waals surface area contributed by atoms with E-state index in [1.165, 1.54) is 0 Å². The average molecular weight is 191 g/mol. The second-order valence-corrected chi connectivity index (χ2v) is 4.86. The Hall–Kier alpha value is -1.25. The highest BCUT2D eigenvalue weighted by molar-refractivity contribution is 5.51. The summed E-state index contributed by atoms with van der Waals surface area (Å²) in [6.45, 7) is 8.66. The number of pyridine rings is 1. The summed E-state index contributed by atoms with van der Waals surface area (Å²) in [5.74, 6) is 1.05. The van der Waals surface area contributed by atoms with Crippen molar-refractivity contribution in [2.24, 2.45) is 5.41 Å². The summed E-state index contributed by atoms with van der Waals surface area (Å²) in [5.41, 5.74) is 7.86. The number of aromatic nitrogens is 1.